The van der Waals surface area contributed by atoms with Crippen molar-refractivity contribution in [2.75, 3.05) is 30.9 Å². The predicted molar refractivity (Wildman–Crippen MR) is 144 cm³/mol. The lowest BCUT2D eigenvalue weighted by atomic mass is 9.84. The van der Waals surface area contributed by atoms with Gasteiger partial charge in [-0.05, 0) is 69.5 Å². The average Bonchev–Trinajstić information content (AvgIpc) is 3.52. The normalized spacial score (nSPS) is 21.2. The highest BCUT2D eigenvalue weighted by Crippen LogP contribution is 2.38. The fraction of sp³-hybridized carbons (Fsp3) is 0.577. The standard InChI is InChI=1S/C26H35F2N9O3/c1-15(39-5)14-40-22-10-18(27)20(11-21(22)37-25(38)35(4)33-34-37)31-24-29-13-19(28)23(32-24)30-16-9-17-7-6-8-36(17)26(2,3)12-16/h10-11,13,15-17H,6-9,12,14H2,1-5H3,(H2,29,30,31,32)/t15-,16+,17-/m0/s1. The summed E-state index contributed by atoms with van der Waals surface area (Å²) in [6.45, 7) is 7.42. The van der Waals surface area contributed by atoms with Crippen molar-refractivity contribution in [3.63, 3.8) is 0 Å². The van der Waals surface area contributed by atoms with Crippen LogP contribution in [0.2, 0.25) is 0 Å². The molecular formula is C26H35F2N9O3. The number of aromatic nitrogens is 6. The summed E-state index contributed by atoms with van der Waals surface area (Å²) in [5.74, 6) is -1.19. The molecule has 3 atom stereocenters. The average molecular weight is 560 g/mol. The van der Waals surface area contributed by atoms with Gasteiger partial charge in [-0.2, -0.15) is 14.3 Å². The minimum atomic E-state index is -0.696. The second kappa shape index (κ2) is 11.1. The van der Waals surface area contributed by atoms with Crippen LogP contribution in [-0.4, -0.2) is 78.6 Å². The molecule has 0 unspecified atom stereocenters. The van der Waals surface area contributed by atoms with Gasteiger partial charge in [0.15, 0.2) is 17.5 Å². The van der Waals surface area contributed by atoms with E-state index in [1.54, 1.807) is 6.92 Å². The van der Waals surface area contributed by atoms with Crippen molar-refractivity contribution in [1.29, 1.82) is 0 Å². The van der Waals surface area contributed by atoms with E-state index in [4.69, 9.17) is 9.47 Å². The number of halogens is 2. The maximum absolute atomic E-state index is 15.3. The number of rotatable bonds is 9. The van der Waals surface area contributed by atoms with Crippen LogP contribution in [0.25, 0.3) is 5.69 Å². The molecular weight excluding hydrogens is 524 g/mol. The Morgan fingerprint density at radius 3 is 2.75 bits per heavy atom. The number of nitrogens with zero attached hydrogens (tertiary/aromatic N) is 7. The van der Waals surface area contributed by atoms with Crippen LogP contribution in [-0.2, 0) is 11.8 Å². The number of fused-ring (bicyclic) bond motifs is 1. The van der Waals surface area contributed by atoms with Gasteiger partial charge < -0.3 is 20.1 Å². The molecule has 2 aliphatic rings. The maximum atomic E-state index is 15.3. The van der Waals surface area contributed by atoms with Crippen molar-refractivity contribution >= 4 is 17.5 Å². The van der Waals surface area contributed by atoms with Crippen molar-refractivity contribution in [3.05, 3.63) is 40.4 Å². The second-order valence-electron chi connectivity index (χ2n) is 11.1. The molecule has 2 saturated heterocycles. The molecule has 0 spiro atoms. The van der Waals surface area contributed by atoms with Crippen LogP contribution >= 0.6 is 0 Å². The molecule has 2 aliphatic heterocycles. The Bertz CT molecular complexity index is 1430. The number of hydrogen-bond acceptors (Lipinski definition) is 10. The fourth-order valence-electron chi connectivity index (χ4n) is 5.62. The van der Waals surface area contributed by atoms with E-state index in [2.05, 4.69) is 49.8 Å². The van der Waals surface area contributed by atoms with E-state index in [0.717, 1.165) is 47.4 Å². The Balaban J connectivity index is 1.41. The molecule has 2 fully saturated rings. The number of tetrazole rings is 1. The summed E-state index contributed by atoms with van der Waals surface area (Å²) >= 11 is 0. The third-order valence-corrected chi connectivity index (χ3v) is 7.66. The van der Waals surface area contributed by atoms with Crippen LogP contribution in [0.15, 0.2) is 23.1 Å². The van der Waals surface area contributed by atoms with Crippen molar-refractivity contribution < 1.29 is 18.3 Å². The Morgan fingerprint density at radius 2 is 2.02 bits per heavy atom. The molecule has 0 radical (unpaired) electrons. The molecule has 4 heterocycles. The number of methoxy groups -OCH3 is 1. The first kappa shape index (κ1) is 27.9. The Labute approximate surface area is 230 Å². The summed E-state index contributed by atoms with van der Waals surface area (Å²) < 4.78 is 43.0. The van der Waals surface area contributed by atoms with E-state index in [1.165, 1.54) is 26.6 Å². The van der Waals surface area contributed by atoms with Crippen LogP contribution in [0.4, 0.5) is 26.2 Å². The maximum Gasteiger partial charge on any atom is 0.368 e. The lowest BCUT2D eigenvalue weighted by Gasteiger charge is -2.47. The predicted octanol–water partition coefficient (Wildman–Crippen LogP) is 3.01. The van der Waals surface area contributed by atoms with Crippen LogP contribution in [0.1, 0.15) is 46.5 Å². The minimum Gasteiger partial charge on any atom is -0.489 e. The van der Waals surface area contributed by atoms with Gasteiger partial charge in [-0.25, -0.2) is 18.6 Å². The summed E-state index contributed by atoms with van der Waals surface area (Å²) in [6.07, 6.45) is 4.79. The lowest BCUT2D eigenvalue weighted by Crippen LogP contribution is -2.55. The van der Waals surface area contributed by atoms with E-state index < -0.39 is 17.3 Å². The van der Waals surface area contributed by atoms with Gasteiger partial charge in [-0.1, -0.05) is 0 Å². The molecule has 216 valence electrons. The molecule has 0 amide bonds. The minimum absolute atomic E-state index is 0.00945. The number of aryl methyl sites for hydroxylation is 1. The summed E-state index contributed by atoms with van der Waals surface area (Å²) in [6, 6.07) is 2.95. The largest absolute Gasteiger partial charge is 0.489 e. The molecule has 2 aromatic heterocycles. The van der Waals surface area contributed by atoms with Crippen molar-refractivity contribution in [1.82, 2.24) is 34.7 Å². The second-order valence-corrected chi connectivity index (χ2v) is 11.1. The Hall–Kier alpha value is -3.65. The SMILES string of the molecule is CO[C@@H](C)COc1cc(F)c(Nc2ncc(F)c(N[C@@H]3C[C@@H]4CCCN4C(C)(C)C3)n2)cc1-n1nnn(C)c1=O. The molecule has 12 nitrogen and oxygen atoms in total. The fourth-order valence-corrected chi connectivity index (χ4v) is 5.62. The molecule has 5 rings (SSSR count). The molecule has 0 bridgehead atoms. The van der Waals surface area contributed by atoms with Gasteiger partial charge in [-0.3, -0.25) is 4.90 Å². The number of hydrogen-bond donors (Lipinski definition) is 2. The highest BCUT2D eigenvalue weighted by Gasteiger charge is 2.43. The molecule has 1 aromatic carbocycles. The van der Waals surface area contributed by atoms with Crippen LogP contribution in [0.3, 0.4) is 0 Å². The number of ether oxygens (including phenoxy) is 2. The smallest absolute Gasteiger partial charge is 0.368 e. The molecule has 2 N–H and O–H groups in total. The lowest BCUT2D eigenvalue weighted by molar-refractivity contribution is 0.0500. The van der Waals surface area contributed by atoms with Gasteiger partial charge in [-0.15, -0.1) is 0 Å². The highest BCUT2D eigenvalue weighted by molar-refractivity contribution is 5.63. The third-order valence-electron chi connectivity index (χ3n) is 7.66. The molecule has 0 aliphatic carbocycles. The first-order valence-corrected chi connectivity index (χ1v) is 13.4. The van der Waals surface area contributed by atoms with E-state index in [9.17, 15) is 9.18 Å². The first-order valence-electron chi connectivity index (χ1n) is 13.4. The molecule has 3 aromatic rings. The Morgan fingerprint density at radius 1 is 1.23 bits per heavy atom. The van der Waals surface area contributed by atoms with Crippen molar-refractivity contribution in [3.8, 4) is 11.4 Å². The molecule has 14 heteroatoms. The Kier molecular flexibility index (Phi) is 7.73. The van der Waals surface area contributed by atoms with E-state index in [1.807, 2.05) is 0 Å². The summed E-state index contributed by atoms with van der Waals surface area (Å²) in [7, 11) is 2.97. The van der Waals surface area contributed by atoms with Gasteiger partial charge in [0.2, 0.25) is 5.95 Å². The zero-order valence-corrected chi connectivity index (χ0v) is 23.3. The first-order chi connectivity index (χ1) is 19.1. The van der Waals surface area contributed by atoms with E-state index >= 15 is 4.39 Å². The van der Waals surface area contributed by atoms with Gasteiger partial charge in [0.1, 0.15) is 18.0 Å². The summed E-state index contributed by atoms with van der Waals surface area (Å²) in [5, 5.41) is 13.7. The van der Waals surface area contributed by atoms with Gasteiger partial charge in [0, 0.05) is 37.8 Å². The molecule has 40 heavy (non-hydrogen) atoms. The zero-order chi connectivity index (χ0) is 28.6. The van der Waals surface area contributed by atoms with Crippen LogP contribution in [0.5, 0.6) is 5.75 Å². The summed E-state index contributed by atoms with van der Waals surface area (Å²) in [4.78, 5) is 23.5. The number of piperidine rings is 1. The highest BCUT2D eigenvalue weighted by atomic mass is 19.1. The zero-order valence-electron chi connectivity index (χ0n) is 23.3. The number of anilines is 3. The number of nitrogens with one attached hydrogen (secondary N) is 2. The van der Waals surface area contributed by atoms with Crippen LogP contribution < -0.4 is 21.1 Å². The van der Waals surface area contributed by atoms with Crippen LogP contribution in [0, 0.1) is 11.6 Å². The topological polar surface area (TPSA) is 124 Å². The quantitative estimate of drug-likeness (QED) is 0.404. The van der Waals surface area contributed by atoms with Crippen molar-refractivity contribution in [2.45, 2.75) is 70.2 Å². The van der Waals surface area contributed by atoms with Gasteiger partial charge in [0.25, 0.3) is 0 Å². The summed E-state index contributed by atoms with van der Waals surface area (Å²) in [5.41, 5.74) is -0.471. The van der Waals surface area contributed by atoms with Gasteiger partial charge in [0.05, 0.1) is 18.0 Å². The van der Waals surface area contributed by atoms with Crippen molar-refractivity contribution in [2.24, 2.45) is 7.05 Å². The monoisotopic (exact) mass is 559 g/mol. The molecule has 0 saturated carbocycles. The van der Waals surface area contributed by atoms with Gasteiger partial charge >= 0.3 is 5.69 Å². The van der Waals surface area contributed by atoms with E-state index in [-0.39, 0.29) is 53.2 Å². The third kappa shape index (κ3) is 5.63. The van der Waals surface area contributed by atoms with E-state index in [0.29, 0.717) is 6.04 Å². The number of benzene rings is 1.